The Balaban J connectivity index is 1.81. The first-order valence-corrected chi connectivity index (χ1v) is 10.5. The molecule has 0 atom stereocenters. The minimum Gasteiger partial charge on any atom is -0.351 e. The van der Waals surface area contributed by atoms with Gasteiger partial charge in [-0.1, -0.05) is 35.4 Å². The molecule has 0 bridgehead atoms. The van der Waals surface area contributed by atoms with Gasteiger partial charge >= 0.3 is 0 Å². The third-order valence-electron chi connectivity index (χ3n) is 4.77. The fraction of sp³-hybridized carbons (Fsp3) is 0.250. The Morgan fingerprint density at radius 3 is 2.58 bits per heavy atom. The molecule has 0 aliphatic carbocycles. The Hall–Kier alpha value is -2.11. The highest BCUT2D eigenvalue weighted by atomic mass is 35.5. The summed E-state index contributed by atoms with van der Waals surface area (Å²) < 4.78 is 25.3. The summed E-state index contributed by atoms with van der Waals surface area (Å²) in [6.45, 7) is 4.81. The van der Waals surface area contributed by atoms with Gasteiger partial charge < -0.3 is 4.90 Å². The highest BCUT2D eigenvalue weighted by Gasteiger charge is 2.26. The molecule has 2 heterocycles. The van der Waals surface area contributed by atoms with Crippen molar-refractivity contribution in [2.75, 3.05) is 17.2 Å². The van der Waals surface area contributed by atoms with Gasteiger partial charge in [0.15, 0.2) is 9.84 Å². The van der Waals surface area contributed by atoms with Gasteiger partial charge in [0.25, 0.3) is 0 Å². The van der Waals surface area contributed by atoms with Gasteiger partial charge in [-0.25, -0.2) is 13.4 Å². The van der Waals surface area contributed by atoms with Crippen molar-refractivity contribution in [1.82, 2.24) is 4.98 Å². The number of hydrogen-bond acceptors (Lipinski definition) is 4. The lowest BCUT2D eigenvalue weighted by atomic mass is 10.1. The topological polar surface area (TPSA) is 50.3 Å². The summed E-state index contributed by atoms with van der Waals surface area (Å²) in [5, 5.41) is 1.54. The molecular formula is C20H19ClN2O2S. The van der Waals surface area contributed by atoms with Crippen molar-refractivity contribution in [1.29, 1.82) is 0 Å². The molecular weight excluding hydrogens is 368 g/mol. The largest absolute Gasteiger partial charge is 0.351 e. The van der Waals surface area contributed by atoms with Crippen LogP contribution in [0.4, 0.5) is 5.82 Å². The van der Waals surface area contributed by atoms with Crippen molar-refractivity contribution in [2.45, 2.75) is 25.3 Å². The Kier molecular flexibility index (Phi) is 4.16. The molecule has 26 heavy (non-hydrogen) atoms. The van der Waals surface area contributed by atoms with E-state index in [1.807, 2.05) is 55.1 Å². The van der Waals surface area contributed by atoms with Crippen LogP contribution in [0.3, 0.4) is 0 Å². The number of benzene rings is 2. The van der Waals surface area contributed by atoms with Crippen LogP contribution in [0.1, 0.15) is 16.7 Å². The number of fused-ring (bicyclic) bond motifs is 2. The second-order valence-electron chi connectivity index (χ2n) is 6.83. The lowest BCUT2D eigenvalue weighted by Crippen LogP contribution is -2.26. The summed E-state index contributed by atoms with van der Waals surface area (Å²) in [7, 11) is -3.30. The van der Waals surface area contributed by atoms with Crippen LogP contribution in [0.5, 0.6) is 0 Å². The zero-order valence-electron chi connectivity index (χ0n) is 14.7. The number of aryl methyl sites for hydroxylation is 2. The Labute approximate surface area is 158 Å². The van der Waals surface area contributed by atoms with E-state index in [1.54, 1.807) is 6.07 Å². The van der Waals surface area contributed by atoms with E-state index in [2.05, 4.69) is 0 Å². The van der Waals surface area contributed by atoms with E-state index in [1.165, 1.54) is 0 Å². The highest BCUT2D eigenvalue weighted by molar-refractivity contribution is 7.91. The average molecular weight is 387 g/mol. The van der Waals surface area contributed by atoms with Crippen LogP contribution >= 0.6 is 11.6 Å². The summed E-state index contributed by atoms with van der Waals surface area (Å²) in [4.78, 5) is 7.15. The molecule has 0 amide bonds. The van der Waals surface area contributed by atoms with Crippen LogP contribution in [0, 0.1) is 13.8 Å². The minimum absolute atomic E-state index is 0.0642. The van der Waals surface area contributed by atoms with Gasteiger partial charge in [-0.15, -0.1) is 0 Å². The third kappa shape index (κ3) is 3.06. The van der Waals surface area contributed by atoms with E-state index in [0.717, 1.165) is 27.6 Å². The van der Waals surface area contributed by atoms with E-state index in [0.29, 0.717) is 28.8 Å². The molecule has 134 valence electrons. The third-order valence-corrected chi connectivity index (χ3v) is 6.86. The fourth-order valence-electron chi connectivity index (χ4n) is 3.35. The number of hydrogen-bond donors (Lipinski definition) is 0. The quantitative estimate of drug-likeness (QED) is 0.625. The second-order valence-corrected chi connectivity index (χ2v) is 9.32. The molecule has 0 spiro atoms. The average Bonchev–Trinajstić information content (AvgIpc) is 2.72. The first kappa shape index (κ1) is 17.3. The van der Waals surface area contributed by atoms with E-state index in [4.69, 9.17) is 16.6 Å². The monoisotopic (exact) mass is 386 g/mol. The van der Waals surface area contributed by atoms with Crippen molar-refractivity contribution >= 4 is 38.2 Å². The molecule has 4 nitrogen and oxygen atoms in total. The minimum atomic E-state index is -3.30. The van der Waals surface area contributed by atoms with E-state index in [-0.39, 0.29) is 5.75 Å². The molecule has 3 aromatic rings. The maximum absolute atomic E-state index is 12.7. The summed E-state index contributed by atoms with van der Waals surface area (Å²) in [5.41, 5.74) is 3.69. The van der Waals surface area contributed by atoms with Gasteiger partial charge in [-0.3, -0.25) is 0 Å². The zero-order valence-corrected chi connectivity index (χ0v) is 16.2. The van der Waals surface area contributed by atoms with Gasteiger partial charge in [0.2, 0.25) is 0 Å². The normalized spacial score (nSPS) is 16.3. The van der Waals surface area contributed by atoms with E-state index in [9.17, 15) is 8.42 Å². The number of sulfone groups is 1. The molecule has 6 heteroatoms. The predicted octanol–water partition coefficient (Wildman–Crippen LogP) is 4.30. The SMILES string of the molecule is Cc1ccc2c(c1)S(=O)(=O)CCN(c1cc(Cl)c3cc(C)ccc3n1)C2. The van der Waals surface area contributed by atoms with Gasteiger partial charge in [-0.05, 0) is 49.2 Å². The Morgan fingerprint density at radius 2 is 1.77 bits per heavy atom. The van der Waals surface area contributed by atoms with Gasteiger partial charge in [0, 0.05) is 18.5 Å². The van der Waals surface area contributed by atoms with Crippen LogP contribution < -0.4 is 4.90 Å². The maximum Gasteiger partial charge on any atom is 0.180 e. The van der Waals surface area contributed by atoms with Gasteiger partial charge in [-0.2, -0.15) is 0 Å². The Morgan fingerprint density at radius 1 is 1.04 bits per heavy atom. The van der Waals surface area contributed by atoms with Crippen LogP contribution in [0.15, 0.2) is 47.4 Å². The predicted molar refractivity (Wildman–Crippen MR) is 106 cm³/mol. The number of aromatic nitrogens is 1. The van der Waals surface area contributed by atoms with Gasteiger partial charge in [0.1, 0.15) is 5.82 Å². The van der Waals surface area contributed by atoms with Crippen molar-refractivity contribution in [3.8, 4) is 0 Å². The number of pyridine rings is 1. The molecule has 4 rings (SSSR count). The summed E-state index contributed by atoms with van der Waals surface area (Å²) in [6.07, 6.45) is 0. The van der Waals surface area contributed by atoms with E-state index >= 15 is 0 Å². The summed E-state index contributed by atoms with van der Waals surface area (Å²) >= 11 is 6.49. The fourth-order valence-corrected chi connectivity index (χ4v) is 5.18. The lowest BCUT2D eigenvalue weighted by molar-refractivity contribution is 0.596. The number of halogens is 1. The number of nitrogens with zero attached hydrogens (tertiary/aromatic N) is 2. The smallest absolute Gasteiger partial charge is 0.180 e. The zero-order chi connectivity index (χ0) is 18.5. The molecule has 1 aliphatic heterocycles. The standard InChI is InChI=1S/C20H19ClN2O2S/c1-13-4-6-18-16(9-13)17(21)11-20(22-18)23-7-8-26(24,25)19-10-14(2)3-5-15(19)12-23/h3-6,9-11H,7-8,12H2,1-2H3. The number of rotatable bonds is 1. The van der Waals surface area contributed by atoms with Gasteiger partial charge in [0.05, 0.1) is 21.2 Å². The first-order chi connectivity index (χ1) is 12.3. The van der Waals surface area contributed by atoms with Crippen LogP contribution in [0.2, 0.25) is 5.02 Å². The molecule has 0 N–H and O–H groups in total. The molecule has 0 saturated carbocycles. The van der Waals surface area contributed by atoms with Crippen LogP contribution in [-0.4, -0.2) is 25.7 Å². The van der Waals surface area contributed by atoms with Crippen molar-refractivity contribution in [2.24, 2.45) is 0 Å². The van der Waals surface area contributed by atoms with Crippen molar-refractivity contribution in [3.63, 3.8) is 0 Å². The Bertz CT molecular complexity index is 1130. The molecule has 1 aliphatic rings. The molecule has 0 fully saturated rings. The first-order valence-electron chi connectivity index (χ1n) is 8.48. The molecule has 0 radical (unpaired) electrons. The molecule has 2 aromatic carbocycles. The van der Waals surface area contributed by atoms with Crippen molar-refractivity contribution < 1.29 is 8.42 Å². The number of anilines is 1. The van der Waals surface area contributed by atoms with Crippen LogP contribution in [0.25, 0.3) is 10.9 Å². The second kappa shape index (κ2) is 6.25. The van der Waals surface area contributed by atoms with E-state index < -0.39 is 9.84 Å². The summed E-state index contributed by atoms with van der Waals surface area (Å²) in [5.74, 6) is 0.768. The molecule has 0 unspecified atom stereocenters. The maximum atomic E-state index is 12.7. The highest BCUT2D eigenvalue weighted by Crippen LogP contribution is 2.31. The molecule has 1 aromatic heterocycles. The summed E-state index contributed by atoms with van der Waals surface area (Å²) in [6, 6.07) is 13.4. The molecule has 0 saturated heterocycles. The lowest BCUT2D eigenvalue weighted by Gasteiger charge is -2.22. The van der Waals surface area contributed by atoms with Crippen molar-refractivity contribution in [3.05, 3.63) is 64.2 Å². The van der Waals surface area contributed by atoms with Crippen LogP contribution in [-0.2, 0) is 16.4 Å².